The maximum atomic E-state index is 12.2. The molecule has 2 heteroatoms. The second-order valence-corrected chi connectivity index (χ2v) is 11.5. The molecule has 0 aliphatic rings. The number of nitrogens with one attached hydrogen (secondary N) is 1. The molecule has 0 aromatic heterocycles. The van der Waals surface area contributed by atoms with E-state index >= 15 is 0 Å². The standard InChI is InChI=1S/C37H57NO/c1-4-5-6-7-8-9-10-11-12-13-14-15-16-29-37(39)38-30-21-27-35-26-20-25-34(31-35)24-17-18-28-36-32(2)22-19-23-33(36)3/h18-20,22-23,25-26,28,31H,4-17,21,24,27,29-30H2,1-3H3,(H,38,39)/b28-18+. The average molecular weight is 532 g/mol. The molecule has 2 nitrogen and oxygen atoms in total. The van der Waals surface area contributed by atoms with Crippen molar-refractivity contribution in [2.75, 3.05) is 6.54 Å². The van der Waals surface area contributed by atoms with E-state index in [9.17, 15) is 4.79 Å². The zero-order valence-corrected chi connectivity index (χ0v) is 25.5. The lowest BCUT2D eigenvalue weighted by molar-refractivity contribution is -0.121. The van der Waals surface area contributed by atoms with E-state index in [1.807, 2.05) is 0 Å². The lowest BCUT2D eigenvalue weighted by Crippen LogP contribution is -2.24. The van der Waals surface area contributed by atoms with E-state index in [0.29, 0.717) is 6.42 Å². The van der Waals surface area contributed by atoms with Crippen LogP contribution in [-0.4, -0.2) is 12.5 Å². The van der Waals surface area contributed by atoms with Crippen LogP contribution < -0.4 is 5.32 Å². The first-order valence-electron chi connectivity index (χ1n) is 16.2. The first-order chi connectivity index (χ1) is 19.1. The Bertz CT molecular complexity index is 924. The molecule has 0 spiro atoms. The summed E-state index contributed by atoms with van der Waals surface area (Å²) in [5.74, 6) is 0.225. The highest BCUT2D eigenvalue weighted by Gasteiger charge is 2.02. The van der Waals surface area contributed by atoms with Crippen molar-refractivity contribution >= 4 is 12.0 Å². The fourth-order valence-corrected chi connectivity index (χ4v) is 5.39. The number of hydrogen-bond acceptors (Lipinski definition) is 1. The van der Waals surface area contributed by atoms with Crippen molar-refractivity contribution < 1.29 is 4.79 Å². The number of benzene rings is 2. The monoisotopic (exact) mass is 531 g/mol. The van der Waals surface area contributed by atoms with E-state index in [1.54, 1.807) is 0 Å². The van der Waals surface area contributed by atoms with Crippen LogP contribution in [0.1, 0.15) is 137 Å². The fraction of sp³-hybridized carbons (Fsp3) is 0.595. The van der Waals surface area contributed by atoms with Crippen molar-refractivity contribution in [3.8, 4) is 0 Å². The second kappa shape index (κ2) is 21.5. The van der Waals surface area contributed by atoms with Gasteiger partial charge in [0.05, 0.1) is 0 Å². The van der Waals surface area contributed by atoms with Crippen molar-refractivity contribution in [1.29, 1.82) is 0 Å². The molecule has 1 N–H and O–H groups in total. The number of unbranched alkanes of at least 4 members (excludes halogenated alkanes) is 12. The quantitative estimate of drug-likeness (QED) is 0.150. The number of rotatable bonds is 22. The highest BCUT2D eigenvalue weighted by molar-refractivity contribution is 5.75. The van der Waals surface area contributed by atoms with E-state index in [0.717, 1.165) is 38.6 Å². The van der Waals surface area contributed by atoms with Crippen molar-refractivity contribution in [3.63, 3.8) is 0 Å². The highest BCUT2D eigenvalue weighted by Crippen LogP contribution is 2.17. The SMILES string of the molecule is CCCCCCCCCCCCCCCC(=O)NCCCc1cccc(CC/C=C/c2c(C)cccc2C)c1. The molecular formula is C37H57NO. The molecule has 39 heavy (non-hydrogen) atoms. The van der Waals surface area contributed by atoms with E-state index in [1.165, 1.54) is 105 Å². The molecule has 0 saturated carbocycles. The molecule has 0 aliphatic heterocycles. The molecule has 2 aromatic rings. The molecule has 0 unspecified atom stereocenters. The van der Waals surface area contributed by atoms with Gasteiger partial charge < -0.3 is 5.32 Å². The molecule has 0 atom stereocenters. The van der Waals surface area contributed by atoms with Gasteiger partial charge in [0.25, 0.3) is 0 Å². The summed E-state index contributed by atoms with van der Waals surface area (Å²) in [5, 5.41) is 3.13. The minimum atomic E-state index is 0.225. The summed E-state index contributed by atoms with van der Waals surface area (Å²) in [6.45, 7) is 7.42. The third kappa shape index (κ3) is 15.7. The van der Waals surface area contributed by atoms with Crippen LogP contribution in [-0.2, 0) is 17.6 Å². The molecule has 0 heterocycles. The number of allylic oxidation sites excluding steroid dienone is 1. The number of amides is 1. The Morgan fingerprint density at radius 2 is 1.23 bits per heavy atom. The van der Waals surface area contributed by atoms with Crippen LogP contribution in [0.3, 0.4) is 0 Å². The van der Waals surface area contributed by atoms with Gasteiger partial charge in [-0.1, -0.05) is 139 Å². The van der Waals surface area contributed by atoms with E-state index < -0.39 is 0 Å². The largest absolute Gasteiger partial charge is 0.356 e. The zero-order chi connectivity index (χ0) is 28.0. The van der Waals surface area contributed by atoms with Crippen LogP contribution in [0.15, 0.2) is 48.5 Å². The van der Waals surface area contributed by atoms with Gasteiger partial charge >= 0.3 is 0 Å². The van der Waals surface area contributed by atoms with Crippen molar-refractivity contribution in [1.82, 2.24) is 5.32 Å². The molecule has 2 rings (SSSR count). The normalized spacial score (nSPS) is 11.4. The predicted molar refractivity (Wildman–Crippen MR) is 171 cm³/mol. The van der Waals surface area contributed by atoms with Gasteiger partial charge in [0.1, 0.15) is 0 Å². The summed E-state index contributed by atoms with van der Waals surface area (Å²) in [5.41, 5.74) is 6.79. The minimum absolute atomic E-state index is 0.225. The van der Waals surface area contributed by atoms with Gasteiger partial charge in [0.2, 0.25) is 5.91 Å². The third-order valence-electron chi connectivity index (χ3n) is 7.89. The Balaban J connectivity index is 1.47. The molecule has 0 bridgehead atoms. The van der Waals surface area contributed by atoms with E-state index in [-0.39, 0.29) is 5.91 Å². The van der Waals surface area contributed by atoms with E-state index in [2.05, 4.69) is 80.7 Å². The van der Waals surface area contributed by atoms with Gasteiger partial charge in [0.15, 0.2) is 0 Å². The molecule has 1 amide bonds. The molecule has 0 fully saturated rings. The molecule has 0 aliphatic carbocycles. The predicted octanol–water partition coefficient (Wildman–Crippen LogP) is 10.5. The summed E-state index contributed by atoms with van der Waals surface area (Å²) in [7, 11) is 0. The van der Waals surface area contributed by atoms with Gasteiger partial charge in [-0.25, -0.2) is 0 Å². The van der Waals surface area contributed by atoms with Crippen molar-refractivity contribution in [3.05, 3.63) is 76.4 Å². The first kappa shape index (κ1) is 32.9. The summed E-state index contributed by atoms with van der Waals surface area (Å²) in [4.78, 5) is 12.2. The molecule has 0 radical (unpaired) electrons. The summed E-state index contributed by atoms with van der Waals surface area (Å²) in [6, 6.07) is 15.4. The van der Waals surface area contributed by atoms with Crippen LogP contribution in [0.4, 0.5) is 0 Å². The van der Waals surface area contributed by atoms with Gasteiger partial charge in [-0.2, -0.15) is 0 Å². The van der Waals surface area contributed by atoms with E-state index in [4.69, 9.17) is 0 Å². The lowest BCUT2D eigenvalue weighted by Gasteiger charge is -2.07. The van der Waals surface area contributed by atoms with Crippen molar-refractivity contribution in [2.45, 2.75) is 136 Å². The second-order valence-electron chi connectivity index (χ2n) is 11.5. The van der Waals surface area contributed by atoms with Crippen LogP contribution in [0.2, 0.25) is 0 Å². The summed E-state index contributed by atoms with van der Waals surface area (Å²) < 4.78 is 0. The number of hydrogen-bond donors (Lipinski definition) is 1. The van der Waals surface area contributed by atoms with Crippen LogP contribution in [0, 0.1) is 13.8 Å². The van der Waals surface area contributed by atoms with Crippen LogP contribution >= 0.6 is 0 Å². The zero-order valence-electron chi connectivity index (χ0n) is 25.5. The number of aryl methyl sites for hydroxylation is 4. The maximum absolute atomic E-state index is 12.2. The minimum Gasteiger partial charge on any atom is -0.356 e. The lowest BCUT2D eigenvalue weighted by atomic mass is 10.0. The Morgan fingerprint density at radius 1 is 0.692 bits per heavy atom. The summed E-state index contributed by atoms with van der Waals surface area (Å²) in [6.07, 6.45) is 26.8. The molecule has 0 saturated heterocycles. The van der Waals surface area contributed by atoms with Gasteiger partial charge in [-0.15, -0.1) is 0 Å². The topological polar surface area (TPSA) is 29.1 Å². The van der Waals surface area contributed by atoms with Gasteiger partial charge in [-0.3, -0.25) is 4.79 Å². The first-order valence-corrected chi connectivity index (χ1v) is 16.2. The molecule has 216 valence electrons. The highest BCUT2D eigenvalue weighted by atomic mass is 16.1. The smallest absolute Gasteiger partial charge is 0.219 e. The molecule has 2 aromatic carbocycles. The van der Waals surface area contributed by atoms with Crippen molar-refractivity contribution in [2.24, 2.45) is 0 Å². The van der Waals surface area contributed by atoms with Crippen LogP contribution in [0.5, 0.6) is 0 Å². The third-order valence-corrected chi connectivity index (χ3v) is 7.89. The fourth-order valence-electron chi connectivity index (χ4n) is 5.39. The summed E-state index contributed by atoms with van der Waals surface area (Å²) >= 11 is 0. The Labute approximate surface area is 241 Å². The van der Waals surface area contributed by atoms with Gasteiger partial charge in [0, 0.05) is 13.0 Å². The maximum Gasteiger partial charge on any atom is 0.219 e. The Kier molecular flexibility index (Phi) is 18.1. The number of carbonyl (C=O) groups is 1. The Morgan fingerprint density at radius 3 is 1.85 bits per heavy atom. The van der Waals surface area contributed by atoms with Gasteiger partial charge in [-0.05, 0) is 73.8 Å². The molecular weight excluding hydrogens is 474 g/mol. The van der Waals surface area contributed by atoms with Crippen LogP contribution in [0.25, 0.3) is 6.08 Å². The Hall–Kier alpha value is -2.35. The number of carbonyl (C=O) groups excluding carboxylic acids is 1. The average Bonchev–Trinajstić information content (AvgIpc) is 2.93.